The first-order chi connectivity index (χ1) is 9.15. The van der Waals surface area contributed by atoms with Crippen LogP contribution in [0.2, 0.25) is 0 Å². The van der Waals surface area contributed by atoms with Gasteiger partial charge in [0.05, 0.1) is 0 Å². The maximum atomic E-state index is 5.30. The van der Waals surface area contributed by atoms with Gasteiger partial charge >= 0.3 is 0 Å². The summed E-state index contributed by atoms with van der Waals surface area (Å²) in [4.78, 5) is 6.97. The van der Waals surface area contributed by atoms with Crippen molar-refractivity contribution in [2.75, 3.05) is 32.7 Å². The normalized spacial score (nSPS) is 30.0. The molecule has 19 heavy (non-hydrogen) atoms. The second-order valence-electron chi connectivity index (χ2n) is 6.47. The van der Waals surface area contributed by atoms with Crippen LogP contribution in [0, 0.1) is 12.3 Å². The van der Waals surface area contributed by atoms with Crippen LogP contribution in [-0.4, -0.2) is 47.8 Å². The summed E-state index contributed by atoms with van der Waals surface area (Å²) in [5.41, 5.74) is 0.466. The van der Waals surface area contributed by atoms with E-state index in [2.05, 4.69) is 27.3 Å². The number of piperidine rings is 1. The molecule has 3 rings (SSSR count). The van der Waals surface area contributed by atoms with Crippen molar-refractivity contribution in [1.29, 1.82) is 0 Å². The second-order valence-corrected chi connectivity index (χ2v) is 6.47. The zero-order valence-corrected chi connectivity index (χ0v) is 12.0. The highest BCUT2D eigenvalue weighted by Crippen LogP contribution is 2.31. The van der Waals surface area contributed by atoms with Gasteiger partial charge in [0.15, 0.2) is 5.82 Å². The summed E-state index contributed by atoms with van der Waals surface area (Å²) in [7, 11) is 0. The Labute approximate surface area is 114 Å². The van der Waals surface area contributed by atoms with E-state index in [4.69, 9.17) is 4.52 Å². The quantitative estimate of drug-likeness (QED) is 0.898. The Hall–Kier alpha value is -0.940. The summed E-state index contributed by atoms with van der Waals surface area (Å²) in [5.74, 6) is 2.06. The second kappa shape index (κ2) is 5.21. The van der Waals surface area contributed by atoms with Crippen LogP contribution in [0.5, 0.6) is 0 Å². The summed E-state index contributed by atoms with van der Waals surface area (Å²) >= 11 is 0. The highest BCUT2D eigenvalue weighted by molar-refractivity contribution is 4.96. The van der Waals surface area contributed by atoms with Crippen LogP contribution in [0.4, 0.5) is 0 Å². The number of nitrogens with one attached hydrogen (secondary N) is 1. The first-order valence-electron chi connectivity index (χ1n) is 7.38. The van der Waals surface area contributed by atoms with Crippen molar-refractivity contribution >= 4 is 0 Å². The fraction of sp³-hybridized carbons (Fsp3) is 0.857. The third kappa shape index (κ3) is 2.98. The van der Waals surface area contributed by atoms with Gasteiger partial charge < -0.3 is 14.7 Å². The molecule has 5 nitrogen and oxygen atoms in total. The van der Waals surface area contributed by atoms with Crippen LogP contribution in [0.1, 0.15) is 43.8 Å². The van der Waals surface area contributed by atoms with E-state index in [-0.39, 0.29) is 0 Å². The molecule has 2 aliphatic rings. The Morgan fingerprint density at radius 3 is 2.79 bits per heavy atom. The molecule has 0 bridgehead atoms. The van der Waals surface area contributed by atoms with E-state index in [0.29, 0.717) is 11.3 Å². The zero-order valence-electron chi connectivity index (χ0n) is 12.0. The lowest BCUT2D eigenvalue weighted by Crippen LogP contribution is -2.41. The first-order valence-corrected chi connectivity index (χ1v) is 7.38. The van der Waals surface area contributed by atoms with Gasteiger partial charge in [-0.05, 0) is 51.2 Å². The van der Waals surface area contributed by atoms with Gasteiger partial charge in [0.25, 0.3) is 0 Å². The monoisotopic (exact) mass is 264 g/mol. The van der Waals surface area contributed by atoms with Crippen LogP contribution in [0.3, 0.4) is 0 Å². The van der Waals surface area contributed by atoms with Crippen LogP contribution in [0.15, 0.2) is 4.52 Å². The number of rotatable bonds is 3. The number of hydrogen-bond donors (Lipinski definition) is 1. The lowest BCUT2D eigenvalue weighted by Gasteiger charge is -2.36. The summed E-state index contributed by atoms with van der Waals surface area (Å²) in [6, 6.07) is 0. The number of aromatic nitrogens is 2. The zero-order chi connectivity index (χ0) is 13.3. The Morgan fingerprint density at radius 2 is 2.21 bits per heavy atom. The molecule has 0 radical (unpaired) electrons. The SMILES string of the molecule is Cc1noc(C2CCN(CC3(C)CCNC3)CC2)n1. The summed E-state index contributed by atoms with van der Waals surface area (Å²) in [6.45, 7) is 10.2. The van der Waals surface area contributed by atoms with Crippen LogP contribution in [0.25, 0.3) is 0 Å². The lowest BCUT2D eigenvalue weighted by molar-refractivity contribution is 0.136. The molecule has 0 saturated carbocycles. The average Bonchev–Trinajstić information content (AvgIpc) is 3.00. The van der Waals surface area contributed by atoms with E-state index in [0.717, 1.165) is 44.2 Å². The largest absolute Gasteiger partial charge is 0.339 e. The summed E-state index contributed by atoms with van der Waals surface area (Å²) in [6.07, 6.45) is 3.59. The number of aryl methyl sites for hydroxylation is 1. The molecule has 2 fully saturated rings. The molecule has 1 atom stereocenters. The Morgan fingerprint density at radius 1 is 1.42 bits per heavy atom. The van der Waals surface area contributed by atoms with Crippen molar-refractivity contribution in [2.45, 2.75) is 39.0 Å². The third-order valence-electron chi connectivity index (χ3n) is 4.54. The van der Waals surface area contributed by atoms with Crippen LogP contribution >= 0.6 is 0 Å². The van der Waals surface area contributed by atoms with Crippen molar-refractivity contribution < 1.29 is 4.52 Å². The molecule has 0 spiro atoms. The van der Waals surface area contributed by atoms with E-state index < -0.39 is 0 Å². The predicted octanol–water partition coefficient (Wildman–Crippen LogP) is 1.56. The van der Waals surface area contributed by atoms with Gasteiger partial charge in [-0.1, -0.05) is 12.1 Å². The minimum Gasteiger partial charge on any atom is -0.339 e. The lowest BCUT2D eigenvalue weighted by atomic mass is 9.87. The summed E-state index contributed by atoms with van der Waals surface area (Å²) < 4.78 is 5.30. The fourth-order valence-corrected chi connectivity index (χ4v) is 3.36. The molecule has 2 aliphatic heterocycles. The molecule has 1 aromatic rings. The smallest absolute Gasteiger partial charge is 0.229 e. The van der Waals surface area contributed by atoms with Crippen molar-refractivity contribution in [2.24, 2.45) is 5.41 Å². The van der Waals surface area contributed by atoms with E-state index in [1.165, 1.54) is 19.5 Å². The van der Waals surface area contributed by atoms with Gasteiger partial charge in [-0.3, -0.25) is 0 Å². The van der Waals surface area contributed by atoms with Gasteiger partial charge in [0.1, 0.15) is 0 Å². The predicted molar refractivity (Wildman–Crippen MR) is 73.0 cm³/mol. The van der Waals surface area contributed by atoms with Gasteiger partial charge in [-0.15, -0.1) is 0 Å². The summed E-state index contributed by atoms with van der Waals surface area (Å²) in [5, 5.41) is 7.38. The molecule has 1 aromatic heterocycles. The Kier molecular flexibility index (Phi) is 3.58. The maximum absolute atomic E-state index is 5.30. The standard InChI is InChI=1S/C14H24N4O/c1-11-16-13(19-17-11)12-3-7-18(8-4-12)10-14(2)5-6-15-9-14/h12,15H,3-10H2,1-2H3. The molecule has 106 valence electrons. The van der Waals surface area contributed by atoms with Crippen molar-refractivity contribution in [1.82, 2.24) is 20.4 Å². The minimum atomic E-state index is 0.465. The highest BCUT2D eigenvalue weighted by atomic mass is 16.5. The highest BCUT2D eigenvalue weighted by Gasteiger charge is 2.33. The van der Waals surface area contributed by atoms with Crippen molar-refractivity contribution in [3.63, 3.8) is 0 Å². The molecule has 1 unspecified atom stereocenters. The van der Waals surface area contributed by atoms with Crippen LogP contribution in [-0.2, 0) is 0 Å². The Balaban J connectivity index is 1.52. The first kappa shape index (κ1) is 13.1. The molecule has 0 aromatic carbocycles. The van der Waals surface area contributed by atoms with E-state index >= 15 is 0 Å². The Bertz CT molecular complexity index is 417. The van der Waals surface area contributed by atoms with E-state index in [1.54, 1.807) is 0 Å². The van der Waals surface area contributed by atoms with E-state index in [9.17, 15) is 0 Å². The number of nitrogens with zero attached hydrogens (tertiary/aromatic N) is 3. The van der Waals surface area contributed by atoms with Crippen molar-refractivity contribution in [3.8, 4) is 0 Å². The van der Waals surface area contributed by atoms with Crippen LogP contribution < -0.4 is 5.32 Å². The number of likely N-dealkylation sites (tertiary alicyclic amines) is 1. The molecule has 5 heteroatoms. The number of hydrogen-bond acceptors (Lipinski definition) is 5. The molecular weight excluding hydrogens is 240 g/mol. The van der Waals surface area contributed by atoms with Gasteiger partial charge in [0, 0.05) is 19.0 Å². The topological polar surface area (TPSA) is 54.2 Å². The fourth-order valence-electron chi connectivity index (χ4n) is 3.36. The third-order valence-corrected chi connectivity index (χ3v) is 4.54. The molecule has 0 amide bonds. The van der Waals surface area contributed by atoms with Gasteiger partial charge in [-0.2, -0.15) is 4.98 Å². The van der Waals surface area contributed by atoms with E-state index in [1.807, 2.05) is 6.92 Å². The minimum absolute atomic E-state index is 0.465. The van der Waals surface area contributed by atoms with Crippen molar-refractivity contribution in [3.05, 3.63) is 11.7 Å². The van der Waals surface area contributed by atoms with Gasteiger partial charge in [0.2, 0.25) is 5.89 Å². The molecule has 0 aliphatic carbocycles. The molecule has 2 saturated heterocycles. The molecule has 1 N–H and O–H groups in total. The van der Waals surface area contributed by atoms with Gasteiger partial charge in [-0.25, -0.2) is 0 Å². The molecular formula is C14H24N4O. The average molecular weight is 264 g/mol. The molecule has 3 heterocycles. The maximum Gasteiger partial charge on any atom is 0.229 e.